The van der Waals surface area contributed by atoms with Crippen molar-refractivity contribution in [3.8, 4) is 0 Å². The summed E-state index contributed by atoms with van der Waals surface area (Å²) in [4.78, 5) is 11.3. The summed E-state index contributed by atoms with van der Waals surface area (Å²) in [5.74, 6) is -2.93. The van der Waals surface area contributed by atoms with Crippen LogP contribution >= 0.6 is 0 Å². The topological polar surface area (TPSA) is 59.0 Å². The Balaban J connectivity index is 0.000000345. The van der Waals surface area contributed by atoms with Gasteiger partial charge in [0, 0.05) is 32.7 Å². The molecular weight excluding hydrogens is 382 g/mol. The summed E-state index contributed by atoms with van der Waals surface area (Å²) in [5, 5.41) is 7.12. The normalized spacial score (nSPS) is 22.0. The Labute approximate surface area is 161 Å². The van der Waals surface area contributed by atoms with Crippen molar-refractivity contribution in [2.24, 2.45) is 0 Å². The third-order valence-corrected chi connectivity index (χ3v) is 4.91. The standard InChI is InChI=1S/C17H24FNO2.C2HF3O2/c1-2-20-16-11-17(21-13-16)7-9-19(10-8-17)12-14-3-5-15(18)6-4-14;3-2(4,5)1(6)7/h3-6,16H,2,7-13H2,1H3;(H,6,7). The van der Waals surface area contributed by atoms with Crippen molar-refractivity contribution in [2.75, 3.05) is 26.3 Å². The smallest absolute Gasteiger partial charge is 0.475 e. The summed E-state index contributed by atoms with van der Waals surface area (Å²) in [6.45, 7) is 6.51. The van der Waals surface area contributed by atoms with Crippen molar-refractivity contribution in [1.29, 1.82) is 0 Å². The zero-order valence-corrected chi connectivity index (χ0v) is 15.7. The molecule has 2 saturated heterocycles. The maximum Gasteiger partial charge on any atom is 0.490 e. The van der Waals surface area contributed by atoms with Gasteiger partial charge >= 0.3 is 12.1 Å². The molecule has 1 spiro atoms. The number of aliphatic carboxylic acids is 1. The first-order valence-electron chi connectivity index (χ1n) is 9.16. The largest absolute Gasteiger partial charge is 0.490 e. The Kier molecular flexibility index (Phi) is 7.79. The molecule has 28 heavy (non-hydrogen) atoms. The van der Waals surface area contributed by atoms with Gasteiger partial charge in [0.1, 0.15) is 5.82 Å². The highest BCUT2D eigenvalue weighted by Gasteiger charge is 2.43. The average Bonchev–Trinajstić information content (AvgIpc) is 3.02. The number of ether oxygens (including phenoxy) is 2. The highest BCUT2D eigenvalue weighted by atomic mass is 19.4. The third kappa shape index (κ3) is 6.72. The van der Waals surface area contributed by atoms with Crippen molar-refractivity contribution < 1.29 is 36.9 Å². The Hall–Kier alpha value is -1.71. The number of hydrogen-bond acceptors (Lipinski definition) is 4. The van der Waals surface area contributed by atoms with E-state index in [1.165, 1.54) is 17.7 Å². The van der Waals surface area contributed by atoms with Crippen LogP contribution in [0.4, 0.5) is 17.6 Å². The quantitative estimate of drug-likeness (QED) is 0.773. The van der Waals surface area contributed by atoms with Crippen molar-refractivity contribution in [3.63, 3.8) is 0 Å². The second-order valence-corrected chi connectivity index (χ2v) is 6.98. The minimum Gasteiger partial charge on any atom is -0.475 e. The molecule has 9 heteroatoms. The van der Waals surface area contributed by atoms with E-state index in [-0.39, 0.29) is 17.5 Å². The van der Waals surface area contributed by atoms with Crippen LogP contribution in [-0.4, -0.2) is 60.2 Å². The van der Waals surface area contributed by atoms with E-state index < -0.39 is 12.1 Å². The van der Waals surface area contributed by atoms with Gasteiger partial charge in [-0.3, -0.25) is 4.90 Å². The fourth-order valence-electron chi connectivity index (χ4n) is 3.46. The number of rotatable bonds is 4. The van der Waals surface area contributed by atoms with E-state index in [9.17, 15) is 17.6 Å². The molecule has 0 aromatic heterocycles. The Morgan fingerprint density at radius 1 is 1.29 bits per heavy atom. The number of halogens is 4. The van der Waals surface area contributed by atoms with Gasteiger partial charge in [-0.2, -0.15) is 13.2 Å². The van der Waals surface area contributed by atoms with Crippen LogP contribution in [0.1, 0.15) is 31.7 Å². The lowest BCUT2D eigenvalue weighted by molar-refractivity contribution is -0.192. The van der Waals surface area contributed by atoms with E-state index >= 15 is 0 Å². The molecule has 0 amide bonds. The first kappa shape index (κ1) is 22.6. The molecule has 0 bridgehead atoms. The van der Waals surface area contributed by atoms with E-state index in [1.54, 1.807) is 0 Å². The molecule has 0 aliphatic carbocycles. The Bertz CT molecular complexity index is 628. The maximum absolute atomic E-state index is 12.9. The van der Waals surface area contributed by atoms with Gasteiger partial charge in [-0.1, -0.05) is 12.1 Å². The van der Waals surface area contributed by atoms with Crippen LogP contribution in [0.3, 0.4) is 0 Å². The van der Waals surface area contributed by atoms with E-state index in [1.807, 2.05) is 19.1 Å². The van der Waals surface area contributed by atoms with E-state index in [0.29, 0.717) is 0 Å². The van der Waals surface area contributed by atoms with E-state index in [0.717, 1.165) is 52.1 Å². The van der Waals surface area contributed by atoms with E-state index in [4.69, 9.17) is 19.4 Å². The van der Waals surface area contributed by atoms with Crippen LogP contribution in [0.25, 0.3) is 0 Å². The van der Waals surface area contributed by atoms with Gasteiger partial charge < -0.3 is 14.6 Å². The van der Waals surface area contributed by atoms with Crippen molar-refractivity contribution in [2.45, 2.75) is 50.6 Å². The van der Waals surface area contributed by atoms with Crippen LogP contribution in [-0.2, 0) is 20.8 Å². The zero-order chi connectivity index (χ0) is 20.8. The molecule has 1 unspecified atom stereocenters. The number of nitrogens with zero attached hydrogens (tertiary/aromatic N) is 1. The second kappa shape index (κ2) is 9.67. The van der Waals surface area contributed by atoms with Crippen molar-refractivity contribution in [1.82, 2.24) is 4.90 Å². The van der Waals surface area contributed by atoms with Crippen LogP contribution in [0.2, 0.25) is 0 Å². The van der Waals surface area contributed by atoms with E-state index in [2.05, 4.69) is 4.90 Å². The Morgan fingerprint density at radius 3 is 2.36 bits per heavy atom. The molecule has 2 aliphatic heterocycles. The minimum absolute atomic E-state index is 0.0408. The predicted octanol–water partition coefficient (Wildman–Crippen LogP) is 3.62. The first-order chi connectivity index (χ1) is 13.1. The summed E-state index contributed by atoms with van der Waals surface area (Å²) in [7, 11) is 0. The summed E-state index contributed by atoms with van der Waals surface area (Å²) >= 11 is 0. The third-order valence-electron chi connectivity index (χ3n) is 4.91. The number of carboxylic acids is 1. The van der Waals surface area contributed by atoms with Gasteiger partial charge in [-0.25, -0.2) is 9.18 Å². The molecule has 5 nitrogen and oxygen atoms in total. The molecule has 0 radical (unpaired) electrons. The second-order valence-electron chi connectivity index (χ2n) is 6.98. The van der Waals surface area contributed by atoms with Gasteiger partial charge in [-0.15, -0.1) is 0 Å². The highest BCUT2D eigenvalue weighted by Crippen LogP contribution is 2.37. The minimum atomic E-state index is -5.08. The number of carbonyl (C=O) groups is 1. The van der Waals surface area contributed by atoms with Gasteiger partial charge in [0.2, 0.25) is 0 Å². The van der Waals surface area contributed by atoms with Gasteiger partial charge in [-0.05, 0) is 37.5 Å². The maximum atomic E-state index is 12.9. The SMILES string of the molecule is CCOC1COC2(CCN(Cc3ccc(F)cc3)CC2)C1.O=C(O)C(F)(F)F. The molecule has 3 rings (SSSR count). The van der Waals surface area contributed by atoms with Gasteiger partial charge in [0.15, 0.2) is 0 Å². The average molecular weight is 407 g/mol. The van der Waals surface area contributed by atoms with Crippen LogP contribution in [0.5, 0.6) is 0 Å². The number of benzene rings is 1. The van der Waals surface area contributed by atoms with Crippen LogP contribution in [0, 0.1) is 5.82 Å². The molecule has 1 atom stereocenters. The van der Waals surface area contributed by atoms with Gasteiger partial charge in [0.25, 0.3) is 0 Å². The summed E-state index contributed by atoms with van der Waals surface area (Å²) < 4.78 is 56.4. The highest BCUT2D eigenvalue weighted by molar-refractivity contribution is 5.73. The number of piperidine rings is 1. The predicted molar refractivity (Wildman–Crippen MR) is 93.3 cm³/mol. The number of hydrogen-bond donors (Lipinski definition) is 1. The van der Waals surface area contributed by atoms with Crippen LogP contribution in [0.15, 0.2) is 24.3 Å². The molecule has 2 aliphatic rings. The van der Waals surface area contributed by atoms with Crippen molar-refractivity contribution >= 4 is 5.97 Å². The molecule has 1 N–H and O–H groups in total. The fourth-order valence-corrected chi connectivity index (χ4v) is 3.46. The Morgan fingerprint density at radius 2 is 1.86 bits per heavy atom. The molecular formula is C19H25F4NO4. The number of alkyl halides is 3. The molecule has 0 saturated carbocycles. The summed E-state index contributed by atoms with van der Waals surface area (Å²) in [6, 6.07) is 6.81. The zero-order valence-electron chi connectivity index (χ0n) is 15.7. The number of likely N-dealkylation sites (tertiary alicyclic amines) is 1. The molecule has 1 aromatic rings. The lowest BCUT2D eigenvalue weighted by Gasteiger charge is -2.38. The summed E-state index contributed by atoms with van der Waals surface area (Å²) in [6.07, 6.45) is -1.64. The number of carboxylic acid groups (broad SMARTS) is 1. The molecule has 1 aromatic carbocycles. The first-order valence-corrected chi connectivity index (χ1v) is 9.16. The van der Waals surface area contributed by atoms with Crippen LogP contribution < -0.4 is 0 Å². The van der Waals surface area contributed by atoms with Gasteiger partial charge in [0.05, 0.1) is 18.3 Å². The summed E-state index contributed by atoms with van der Waals surface area (Å²) in [5.41, 5.74) is 1.21. The molecule has 158 valence electrons. The fraction of sp³-hybridized carbons (Fsp3) is 0.632. The lowest BCUT2D eigenvalue weighted by atomic mass is 9.88. The lowest BCUT2D eigenvalue weighted by Crippen LogP contribution is -2.43. The molecule has 2 fully saturated rings. The molecule has 2 heterocycles. The van der Waals surface area contributed by atoms with Crippen molar-refractivity contribution in [3.05, 3.63) is 35.6 Å². The monoisotopic (exact) mass is 407 g/mol.